The van der Waals surface area contributed by atoms with E-state index in [1.54, 1.807) is 11.3 Å². The van der Waals surface area contributed by atoms with E-state index in [1.807, 2.05) is 0 Å². The maximum Gasteiger partial charge on any atom is 0.234 e. The maximum atomic E-state index is 12.1. The highest BCUT2D eigenvalue weighted by Crippen LogP contribution is 2.27. The second-order valence-electron chi connectivity index (χ2n) is 6.13. The quantitative estimate of drug-likeness (QED) is 0.801. The molecule has 2 aliphatic rings. The molecular weight excluding hydrogens is 284 g/mol. The summed E-state index contributed by atoms with van der Waals surface area (Å²) in [7, 11) is 0. The Morgan fingerprint density at radius 3 is 3.00 bits per heavy atom. The minimum absolute atomic E-state index is 0.149. The van der Waals surface area contributed by atoms with Crippen molar-refractivity contribution in [1.29, 1.82) is 0 Å². The molecule has 3 rings (SSSR count). The van der Waals surface area contributed by atoms with Gasteiger partial charge in [0.2, 0.25) is 5.91 Å². The molecule has 1 aromatic rings. The van der Waals surface area contributed by atoms with Crippen LogP contribution in [0.2, 0.25) is 0 Å². The number of hydrogen-bond donors (Lipinski definition) is 1. The second-order valence-corrected chi connectivity index (χ2v) is 7.16. The molecule has 1 aliphatic carbocycles. The van der Waals surface area contributed by atoms with E-state index in [0.29, 0.717) is 12.6 Å². The van der Waals surface area contributed by atoms with Crippen molar-refractivity contribution < 1.29 is 9.53 Å². The van der Waals surface area contributed by atoms with Crippen LogP contribution >= 0.6 is 11.3 Å². The zero-order valence-electron chi connectivity index (χ0n) is 12.4. The lowest BCUT2D eigenvalue weighted by molar-refractivity contribution is -0.122. The lowest BCUT2D eigenvalue weighted by Gasteiger charge is -2.24. The third-order valence-electron chi connectivity index (χ3n) is 4.10. The molecule has 0 aromatic carbocycles. The fourth-order valence-corrected chi connectivity index (χ4v) is 3.47. The van der Waals surface area contributed by atoms with Crippen LogP contribution in [0.4, 0.5) is 0 Å². The van der Waals surface area contributed by atoms with Gasteiger partial charge >= 0.3 is 0 Å². The molecule has 5 heteroatoms. The Morgan fingerprint density at radius 2 is 2.33 bits per heavy atom. The van der Waals surface area contributed by atoms with Crippen molar-refractivity contribution in [3.63, 3.8) is 0 Å². The van der Waals surface area contributed by atoms with Gasteiger partial charge in [-0.3, -0.25) is 9.69 Å². The number of carbonyl (C=O) groups is 1. The monoisotopic (exact) mass is 308 g/mol. The average molecular weight is 308 g/mol. The van der Waals surface area contributed by atoms with Gasteiger partial charge in [0.1, 0.15) is 0 Å². The summed E-state index contributed by atoms with van der Waals surface area (Å²) in [5, 5.41) is 5.15. The van der Waals surface area contributed by atoms with Gasteiger partial charge in [0.05, 0.1) is 12.6 Å². The third-order valence-corrected chi connectivity index (χ3v) is 4.96. The Kier molecular flexibility index (Phi) is 5.27. The summed E-state index contributed by atoms with van der Waals surface area (Å²) in [5.41, 5.74) is 0. The molecule has 1 aromatic heterocycles. The van der Waals surface area contributed by atoms with Crippen LogP contribution in [0.15, 0.2) is 17.5 Å². The van der Waals surface area contributed by atoms with Gasteiger partial charge in [-0.05, 0) is 43.0 Å². The van der Waals surface area contributed by atoms with E-state index in [-0.39, 0.29) is 5.91 Å². The first-order chi connectivity index (χ1) is 10.3. The first kappa shape index (κ1) is 15.0. The van der Waals surface area contributed by atoms with Gasteiger partial charge in [-0.15, -0.1) is 11.3 Å². The Balaban J connectivity index is 1.50. The van der Waals surface area contributed by atoms with Crippen LogP contribution in [0.3, 0.4) is 0 Å². The zero-order valence-corrected chi connectivity index (χ0v) is 13.2. The standard InChI is InChI=1S/C16H24N2O2S/c19-16(17-9-13-5-6-13)12-18(10-14-3-1-7-20-14)11-15-4-2-8-21-15/h2,4,8,13-14H,1,3,5-7,9-12H2,(H,17,19). The van der Waals surface area contributed by atoms with Crippen molar-refractivity contribution in [1.82, 2.24) is 10.2 Å². The third kappa shape index (κ3) is 5.09. The second kappa shape index (κ2) is 7.38. The highest BCUT2D eigenvalue weighted by molar-refractivity contribution is 7.09. The Labute approximate surface area is 130 Å². The van der Waals surface area contributed by atoms with Gasteiger partial charge in [-0.2, -0.15) is 0 Å². The number of carbonyl (C=O) groups excluding carboxylic acids is 1. The van der Waals surface area contributed by atoms with Gasteiger partial charge in [0, 0.05) is 31.1 Å². The molecule has 2 fully saturated rings. The summed E-state index contributed by atoms with van der Waals surface area (Å²) in [4.78, 5) is 15.6. The van der Waals surface area contributed by atoms with Crippen LogP contribution < -0.4 is 5.32 Å². The van der Waals surface area contributed by atoms with Crippen LogP contribution in [0.25, 0.3) is 0 Å². The minimum Gasteiger partial charge on any atom is -0.377 e. The molecule has 0 radical (unpaired) electrons. The van der Waals surface area contributed by atoms with E-state index in [2.05, 4.69) is 27.7 Å². The van der Waals surface area contributed by atoms with Crippen LogP contribution in [0.5, 0.6) is 0 Å². The molecule has 1 unspecified atom stereocenters. The molecule has 0 bridgehead atoms. The topological polar surface area (TPSA) is 41.6 Å². The van der Waals surface area contributed by atoms with Gasteiger partial charge in [0.15, 0.2) is 0 Å². The summed E-state index contributed by atoms with van der Waals surface area (Å²) in [5.74, 6) is 0.884. The number of nitrogens with zero attached hydrogens (tertiary/aromatic N) is 1. The molecule has 116 valence electrons. The molecule has 1 saturated carbocycles. The van der Waals surface area contributed by atoms with Gasteiger partial charge in [0.25, 0.3) is 0 Å². The Hall–Kier alpha value is -0.910. The molecule has 2 heterocycles. The Morgan fingerprint density at radius 1 is 1.43 bits per heavy atom. The number of ether oxygens (including phenoxy) is 1. The number of thiophene rings is 1. The summed E-state index contributed by atoms with van der Waals surface area (Å²) in [6.45, 7) is 3.89. The molecule has 1 amide bonds. The number of rotatable bonds is 8. The Bertz CT molecular complexity index is 439. The van der Waals surface area contributed by atoms with E-state index in [0.717, 1.165) is 45.0 Å². The van der Waals surface area contributed by atoms with Crippen LogP contribution in [-0.2, 0) is 16.1 Å². The van der Waals surface area contributed by atoms with E-state index in [1.165, 1.54) is 17.7 Å². The fraction of sp³-hybridized carbons (Fsp3) is 0.688. The lowest BCUT2D eigenvalue weighted by atomic mass is 10.2. The summed E-state index contributed by atoms with van der Waals surface area (Å²) >= 11 is 1.75. The van der Waals surface area contributed by atoms with Crippen molar-refractivity contribution in [3.8, 4) is 0 Å². The van der Waals surface area contributed by atoms with Crippen LogP contribution in [0, 0.1) is 5.92 Å². The van der Waals surface area contributed by atoms with E-state index in [4.69, 9.17) is 4.74 Å². The number of hydrogen-bond acceptors (Lipinski definition) is 4. The highest BCUT2D eigenvalue weighted by atomic mass is 32.1. The van der Waals surface area contributed by atoms with Crippen LogP contribution in [0.1, 0.15) is 30.6 Å². The predicted octanol–water partition coefficient (Wildman–Crippen LogP) is 2.26. The van der Waals surface area contributed by atoms with Crippen molar-refractivity contribution >= 4 is 17.2 Å². The van der Waals surface area contributed by atoms with Gasteiger partial charge in [-0.25, -0.2) is 0 Å². The van der Waals surface area contributed by atoms with E-state index < -0.39 is 0 Å². The first-order valence-corrected chi connectivity index (χ1v) is 8.80. The van der Waals surface area contributed by atoms with E-state index >= 15 is 0 Å². The molecule has 0 spiro atoms. The summed E-state index contributed by atoms with van der Waals surface area (Å²) in [6.07, 6.45) is 5.10. The van der Waals surface area contributed by atoms with Gasteiger partial charge in [-0.1, -0.05) is 6.07 Å². The first-order valence-electron chi connectivity index (χ1n) is 7.92. The predicted molar refractivity (Wildman–Crippen MR) is 84.3 cm³/mol. The fourth-order valence-electron chi connectivity index (χ4n) is 2.72. The molecule has 1 N–H and O–H groups in total. The van der Waals surface area contributed by atoms with Crippen molar-refractivity contribution in [2.24, 2.45) is 5.92 Å². The number of nitrogens with one attached hydrogen (secondary N) is 1. The normalized spacial score (nSPS) is 21.9. The highest BCUT2D eigenvalue weighted by Gasteiger charge is 2.24. The van der Waals surface area contributed by atoms with E-state index in [9.17, 15) is 4.79 Å². The molecule has 4 nitrogen and oxygen atoms in total. The van der Waals surface area contributed by atoms with Crippen molar-refractivity contribution in [3.05, 3.63) is 22.4 Å². The maximum absolute atomic E-state index is 12.1. The average Bonchev–Trinajstić information content (AvgIpc) is 2.91. The summed E-state index contributed by atoms with van der Waals surface area (Å²) in [6, 6.07) is 4.20. The van der Waals surface area contributed by atoms with Crippen molar-refractivity contribution in [2.75, 3.05) is 26.2 Å². The molecule has 21 heavy (non-hydrogen) atoms. The molecule has 1 saturated heterocycles. The molecular formula is C16H24N2O2S. The number of amides is 1. The lowest BCUT2D eigenvalue weighted by Crippen LogP contribution is -2.40. The van der Waals surface area contributed by atoms with Gasteiger partial charge < -0.3 is 10.1 Å². The minimum atomic E-state index is 0.149. The van der Waals surface area contributed by atoms with Crippen molar-refractivity contribution in [2.45, 2.75) is 38.3 Å². The SMILES string of the molecule is O=C(CN(Cc1cccs1)CC1CCCO1)NCC1CC1. The molecule has 1 aliphatic heterocycles. The van der Waals surface area contributed by atoms with Crippen LogP contribution in [-0.4, -0.2) is 43.2 Å². The largest absolute Gasteiger partial charge is 0.377 e. The molecule has 1 atom stereocenters. The summed E-state index contributed by atoms with van der Waals surface area (Å²) < 4.78 is 5.72. The zero-order chi connectivity index (χ0) is 14.5. The smallest absolute Gasteiger partial charge is 0.234 e.